The van der Waals surface area contributed by atoms with Crippen molar-refractivity contribution in [2.45, 2.75) is 45.6 Å². The number of hydrogen-bond acceptors (Lipinski definition) is 3. The van der Waals surface area contributed by atoms with Crippen molar-refractivity contribution in [3.05, 3.63) is 29.3 Å². The van der Waals surface area contributed by atoms with Crippen LogP contribution < -0.4 is 5.32 Å². The fourth-order valence-corrected chi connectivity index (χ4v) is 2.79. The van der Waals surface area contributed by atoms with Gasteiger partial charge in [-0.3, -0.25) is 4.79 Å². The van der Waals surface area contributed by atoms with Crippen LogP contribution in [0.1, 0.15) is 54.5 Å². The fourth-order valence-electron chi connectivity index (χ4n) is 2.79. The molecule has 0 aliphatic heterocycles. The summed E-state index contributed by atoms with van der Waals surface area (Å²) >= 11 is 0. The van der Waals surface area contributed by atoms with Gasteiger partial charge < -0.3 is 5.32 Å². The number of carbonyl (C=O) groups excluding carboxylic acids is 1. The Balaban J connectivity index is 1.92. The van der Waals surface area contributed by atoms with Crippen molar-refractivity contribution in [1.29, 1.82) is 0 Å². The van der Waals surface area contributed by atoms with E-state index in [2.05, 4.69) is 15.4 Å². The van der Waals surface area contributed by atoms with Crippen molar-refractivity contribution in [2.24, 2.45) is 5.92 Å². The molecular formula is C15H18F2N4O. The van der Waals surface area contributed by atoms with E-state index in [-0.39, 0.29) is 28.9 Å². The monoisotopic (exact) mass is 308 g/mol. The molecule has 2 aromatic rings. The summed E-state index contributed by atoms with van der Waals surface area (Å²) in [5.74, 6) is 0.158. The van der Waals surface area contributed by atoms with Crippen LogP contribution in [0.25, 0.3) is 5.52 Å². The molecule has 7 heteroatoms. The van der Waals surface area contributed by atoms with Crippen LogP contribution in [0, 0.1) is 12.8 Å². The normalized spacial score (nSPS) is 16.8. The molecule has 1 aliphatic carbocycles. The summed E-state index contributed by atoms with van der Waals surface area (Å²) in [5.41, 5.74) is 0.426. The molecule has 1 N–H and O–H groups in total. The molecule has 3 rings (SSSR count). The van der Waals surface area contributed by atoms with Crippen molar-refractivity contribution in [3.63, 3.8) is 0 Å². The van der Waals surface area contributed by atoms with E-state index in [1.54, 1.807) is 6.92 Å². The highest BCUT2D eigenvalue weighted by Gasteiger charge is 2.27. The second-order valence-electron chi connectivity index (χ2n) is 5.87. The highest BCUT2D eigenvalue weighted by Crippen LogP contribution is 2.29. The van der Waals surface area contributed by atoms with Gasteiger partial charge in [0.15, 0.2) is 0 Å². The van der Waals surface area contributed by atoms with Crippen LogP contribution in [-0.2, 0) is 0 Å². The van der Waals surface area contributed by atoms with E-state index in [0.717, 1.165) is 12.8 Å². The number of fused-ring (bicyclic) bond motifs is 1. The van der Waals surface area contributed by atoms with Crippen LogP contribution in [0.15, 0.2) is 12.3 Å². The van der Waals surface area contributed by atoms with E-state index in [0.29, 0.717) is 11.6 Å². The first kappa shape index (κ1) is 14.9. The summed E-state index contributed by atoms with van der Waals surface area (Å²) in [6, 6.07) is 1.37. The van der Waals surface area contributed by atoms with E-state index in [4.69, 9.17) is 0 Å². The summed E-state index contributed by atoms with van der Waals surface area (Å²) in [7, 11) is 0. The molecule has 0 saturated heterocycles. The van der Waals surface area contributed by atoms with E-state index in [9.17, 15) is 13.6 Å². The number of amides is 1. The maximum Gasteiger partial charge on any atom is 0.289 e. The second-order valence-corrected chi connectivity index (χ2v) is 5.87. The third-order valence-electron chi connectivity index (χ3n) is 4.31. The van der Waals surface area contributed by atoms with Crippen LogP contribution in [0.3, 0.4) is 0 Å². The van der Waals surface area contributed by atoms with Crippen molar-refractivity contribution in [1.82, 2.24) is 19.9 Å². The Labute approximate surface area is 126 Å². The molecule has 118 valence electrons. The summed E-state index contributed by atoms with van der Waals surface area (Å²) in [5, 5.41) is 7.04. The quantitative estimate of drug-likeness (QED) is 0.945. The summed E-state index contributed by atoms with van der Waals surface area (Å²) in [6.45, 7) is 3.57. The minimum Gasteiger partial charge on any atom is -0.347 e. The van der Waals surface area contributed by atoms with Crippen molar-refractivity contribution >= 4 is 11.4 Å². The lowest BCUT2D eigenvalue weighted by Gasteiger charge is -2.31. The Morgan fingerprint density at radius 2 is 2.18 bits per heavy atom. The van der Waals surface area contributed by atoms with E-state index >= 15 is 0 Å². The second kappa shape index (κ2) is 5.62. The zero-order valence-electron chi connectivity index (χ0n) is 12.5. The topological polar surface area (TPSA) is 59.3 Å². The number of imidazole rings is 1. The number of halogens is 2. The number of aromatic nitrogens is 3. The van der Waals surface area contributed by atoms with Gasteiger partial charge in [-0.2, -0.15) is 5.10 Å². The zero-order chi connectivity index (χ0) is 15.9. The molecular weight excluding hydrogens is 290 g/mol. The molecule has 0 bridgehead atoms. The first-order valence-corrected chi connectivity index (χ1v) is 7.41. The maximum atomic E-state index is 13.1. The lowest BCUT2D eigenvalue weighted by atomic mass is 9.80. The minimum absolute atomic E-state index is 0.0479. The number of nitrogens with zero attached hydrogens (tertiary/aromatic N) is 3. The van der Waals surface area contributed by atoms with Crippen LogP contribution in [-0.4, -0.2) is 26.5 Å². The van der Waals surface area contributed by atoms with E-state index in [1.165, 1.54) is 23.2 Å². The van der Waals surface area contributed by atoms with Gasteiger partial charge in [0.05, 0.1) is 17.4 Å². The molecule has 1 atom stereocenters. The van der Waals surface area contributed by atoms with Gasteiger partial charge in [-0.25, -0.2) is 18.3 Å². The molecule has 0 aromatic carbocycles. The van der Waals surface area contributed by atoms with Crippen molar-refractivity contribution in [2.75, 3.05) is 0 Å². The molecule has 2 aromatic heterocycles. The predicted molar refractivity (Wildman–Crippen MR) is 77.0 cm³/mol. The number of rotatable bonds is 4. The Morgan fingerprint density at radius 3 is 2.77 bits per heavy atom. The van der Waals surface area contributed by atoms with Crippen LogP contribution in [0.2, 0.25) is 0 Å². The number of carbonyl (C=O) groups is 1. The van der Waals surface area contributed by atoms with E-state index in [1.807, 2.05) is 6.92 Å². The largest absolute Gasteiger partial charge is 0.347 e. The molecule has 1 amide bonds. The predicted octanol–water partition coefficient (Wildman–Crippen LogP) is 2.89. The smallest absolute Gasteiger partial charge is 0.289 e. The average Bonchev–Trinajstić information content (AvgIpc) is 2.78. The molecule has 1 saturated carbocycles. The third kappa shape index (κ3) is 2.55. The number of hydrogen-bond donors (Lipinski definition) is 1. The first-order chi connectivity index (χ1) is 10.5. The molecule has 1 fully saturated rings. The maximum absolute atomic E-state index is 13.1. The Bertz CT molecular complexity index is 709. The van der Waals surface area contributed by atoms with Gasteiger partial charge in [0.25, 0.3) is 12.3 Å². The lowest BCUT2D eigenvalue weighted by Crippen LogP contribution is -2.41. The molecule has 0 spiro atoms. The van der Waals surface area contributed by atoms with Gasteiger partial charge in [0.1, 0.15) is 0 Å². The van der Waals surface area contributed by atoms with Gasteiger partial charge in [-0.15, -0.1) is 0 Å². The summed E-state index contributed by atoms with van der Waals surface area (Å²) < 4.78 is 27.4. The molecule has 22 heavy (non-hydrogen) atoms. The summed E-state index contributed by atoms with van der Waals surface area (Å²) in [6.07, 6.45) is 2.05. The Kier molecular flexibility index (Phi) is 3.80. The van der Waals surface area contributed by atoms with Gasteiger partial charge >= 0.3 is 0 Å². The molecule has 0 radical (unpaired) electrons. The lowest BCUT2D eigenvalue weighted by molar-refractivity contribution is 0.0896. The van der Waals surface area contributed by atoms with E-state index < -0.39 is 6.43 Å². The Morgan fingerprint density at radius 1 is 1.45 bits per heavy atom. The van der Waals surface area contributed by atoms with Crippen LogP contribution >= 0.6 is 0 Å². The standard InChI is InChI=1S/C15H18F2N4O/c1-8-6-11(13(16)17)12-7-18-14(21(12)20-8)15(22)19-9(2)10-4-3-5-10/h6-7,9-10,13H,3-5H2,1-2H3,(H,19,22). The van der Waals surface area contributed by atoms with Gasteiger partial charge in [-0.1, -0.05) is 6.42 Å². The van der Waals surface area contributed by atoms with Gasteiger partial charge in [-0.05, 0) is 38.7 Å². The molecule has 2 heterocycles. The van der Waals surface area contributed by atoms with Gasteiger partial charge in [0, 0.05) is 11.6 Å². The number of aryl methyl sites for hydroxylation is 1. The van der Waals surface area contributed by atoms with Crippen molar-refractivity contribution < 1.29 is 13.6 Å². The van der Waals surface area contributed by atoms with Crippen molar-refractivity contribution in [3.8, 4) is 0 Å². The first-order valence-electron chi connectivity index (χ1n) is 7.41. The molecule has 1 aliphatic rings. The minimum atomic E-state index is -2.63. The number of alkyl halides is 2. The summed E-state index contributed by atoms with van der Waals surface area (Å²) in [4.78, 5) is 16.3. The molecule has 1 unspecified atom stereocenters. The Hall–Kier alpha value is -2.05. The zero-order valence-corrected chi connectivity index (χ0v) is 12.5. The highest BCUT2D eigenvalue weighted by molar-refractivity contribution is 5.92. The SMILES string of the molecule is Cc1cc(C(F)F)c2cnc(C(=O)NC(C)C3CCC3)n2n1. The number of nitrogens with one attached hydrogen (secondary N) is 1. The third-order valence-corrected chi connectivity index (χ3v) is 4.31. The average molecular weight is 308 g/mol. The fraction of sp³-hybridized carbons (Fsp3) is 0.533. The van der Waals surface area contributed by atoms with Crippen LogP contribution in [0.4, 0.5) is 8.78 Å². The highest BCUT2D eigenvalue weighted by atomic mass is 19.3. The molecule has 5 nitrogen and oxygen atoms in total. The van der Waals surface area contributed by atoms with Crippen LogP contribution in [0.5, 0.6) is 0 Å². The van der Waals surface area contributed by atoms with Gasteiger partial charge in [0.2, 0.25) is 5.82 Å².